The van der Waals surface area contributed by atoms with Crippen LogP contribution in [-0.4, -0.2) is 22.7 Å². The maximum Gasteiger partial charge on any atom is 0.339 e. The number of ether oxygens (including phenoxy) is 1. The third-order valence-electron chi connectivity index (χ3n) is 5.11. The van der Waals surface area contributed by atoms with Gasteiger partial charge in [-0.05, 0) is 28.8 Å². The van der Waals surface area contributed by atoms with E-state index in [2.05, 4.69) is 0 Å². The summed E-state index contributed by atoms with van der Waals surface area (Å²) >= 11 is 0. The van der Waals surface area contributed by atoms with Crippen molar-refractivity contribution < 1.29 is 19.1 Å². The Morgan fingerprint density at radius 1 is 0.767 bits per heavy atom. The molecule has 1 aliphatic rings. The second-order valence-electron chi connectivity index (χ2n) is 7.18. The molecule has 1 fully saturated rings. The average molecular weight is 399 g/mol. The fourth-order valence-corrected chi connectivity index (χ4v) is 3.49. The summed E-state index contributed by atoms with van der Waals surface area (Å²) in [5.74, 6) is -0.748. The van der Waals surface area contributed by atoms with Gasteiger partial charge in [0.15, 0.2) is 6.10 Å². The molecule has 0 radical (unpaired) electrons. The molecule has 0 atom stereocenters. The molecule has 0 unspecified atom stereocenters. The lowest BCUT2D eigenvalue weighted by atomic mass is 10.0. The highest BCUT2D eigenvalue weighted by molar-refractivity contribution is 6.01. The number of carbonyl (C=O) groups is 3. The van der Waals surface area contributed by atoms with Crippen LogP contribution >= 0.6 is 0 Å². The van der Waals surface area contributed by atoms with Crippen molar-refractivity contribution in [2.24, 2.45) is 0 Å². The number of carbonyl (C=O) groups excluding carboxylic acids is 3. The summed E-state index contributed by atoms with van der Waals surface area (Å²) in [6.07, 6.45) is 0.0205. The van der Waals surface area contributed by atoms with Crippen LogP contribution in [0.15, 0.2) is 84.9 Å². The van der Waals surface area contributed by atoms with Crippen molar-refractivity contribution in [1.82, 2.24) is 4.90 Å². The van der Waals surface area contributed by atoms with E-state index < -0.39 is 12.1 Å². The molecule has 0 N–H and O–H groups in total. The fourth-order valence-electron chi connectivity index (χ4n) is 3.49. The number of nitrogens with zero attached hydrogens (tertiary/aromatic N) is 1. The van der Waals surface area contributed by atoms with Gasteiger partial charge in [-0.1, -0.05) is 72.8 Å². The van der Waals surface area contributed by atoms with Crippen LogP contribution in [-0.2, 0) is 20.9 Å². The maximum absolute atomic E-state index is 12.8. The number of rotatable bonds is 6. The quantitative estimate of drug-likeness (QED) is 0.458. The van der Waals surface area contributed by atoms with Gasteiger partial charge in [-0.3, -0.25) is 14.5 Å². The summed E-state index contributed by atoms with van der Waals surface area (Å²) in [6, 6.07) is 26.0. The van der Waals surface area contributed by atoms with Crippen molar-refractivity contribution in [3.63, 3.8) is 0 Å². The smallest absolute Gasteiger partial charge is 0.339 e. The number of hydrogen-bond donors (Lipinski definition) is 0. The van der Waals surface area contributed by atoms with Gasteiger partial charge in [0.25, 0.3) is 0 Å². The standard InChI is InChI=1S/C25H21NO4/c27-22-15-16-23(28)26(22)17-18-11-13-21(14-12-18)25(29)30-24(19-7-3-1-4-8-19)20-9-5-2-6-10-20/h1-14,24H,15-17H2. The van der Waals surface area contributed by atoms with Crippen LogP contribution in [0.2, 0.25) is 0 Å². The van der Waals surface area contributed by atoms with Crippen molar-refractivity contribution in [1.29, 1.82) is 0 Å². The third kappa shape index (κ3) is 4.30. The molecule has 5 nitrogen and oxygen atoms in total. The highest BCUT2D eigenvalue weighted by atomic mass is 16.5. The first-order chi connectivity index (χ1) is 14.6. The summed E-state index contributed by atoms with van der Waals surface area (Å²) in [5, 5.41) is 0. The van der Waals surface area contributed by atoms with Crippen LogP contribution in [0, 0.1) is 0 Å². The Morgan fingerprint density at radius 3 is 1.77 bits per heavy atom. The van der Waals surface area contributed by atoms with Gasteiger partial charge in [0, 0.05) is 12.8 Å². The number of hydrogen-bond acceptors (Lipinski definition) is 4. The second-order valence-corrected chi connectivity index (χ2v) is 7.18. The van der Waals surface area contributed by atoms with Gasteiger partial charge in [0.05, 0.1) is 12.1 Å². The van der Waals surface area contributed by atoms with E-state index in [1.54, 1.807) is 24.3 Å². The Labute approximate surface area is 174 Å². The lowest BCUT2D eigenvalue weighted by molar-refractivity contribution is -0.139. The van der Waals surface area contributed by atoms with E-state index >= 15 is 0 Å². The Bertz CT molecular complexity index is 990. The van der Waals surface area contributed by atoms with Gasteiger partial charge in [0.2, 0.25) is 11.8 Å². The molecular formula is C25H21NO4. The zero-order valence-corrected chi connectivity index (χ0v) is 16.4. The number of likely N-dealkylation sites (tertiary alicyclic amines) is 1. The number of benzene rings is 3. The molecule has 3 aromatic carbocycles. The van der Waals surface area contributed by atoms with E-state index in [9.17, 15) is 14.4 Å². The minimum atomic E-state index is -0.514. The van der Waals surface area contributed by atoms with Gasteiger partial charge in [0.1, 0.15) is 0 Å². The summed E-state index contributed by atoms with van der Waals surface area (Å²) < 4.78 is 5.86. The normalized spacial score (nSPS) is 13.7. The third-order valence-corrected chi connectivity index (χ3v) is 5.11. The highest BCUT2D eigenvalue weighted by Crippen LogP contribution is 2.27. The molecule has 2 amide bonds. The molecule has 30 heavy (non-hydrogen) atoms. The summed E-state index contributed by atoms with van der Waals surface area (Å²) in [5.41, 5.74) is 2.98. The molecule has 0 aromatic heterocycles. The van der Waals surface area contributed by atoms with E-state index in [1.807, 2.05) is 60.7 Å². The van der Waals surface area contributed by atoms with Crippen LogP contribution in [0.25, 0.3) is 0 Å². The van der Waals surface area contributed by atoms with E-state index in [1.165, 1.54) is 4.90 Å². The summed E-state index contributed by atoms with van der Waals surface area (Å²) in [6.45, 7) is 0.226. The van der Waals surface area contributed by atoms with E-state index in [0.29, 0.717) is 5.56 Å². The predicted molar refractivity (Wildman–Crippen MR) is 111 cm³/mol. The molecule has 150 valence electrons. The molecule has 1 saturated heterocycles. The molecule has 3 aromatic rings. The molecule has 1 aliphatic heterocycles. The van der Waals surface area contributed by atoms with E-state index in [4.69, 9.17) is 4.74 Å². The summed E-state index contributed by atoms with van der Waals surface area (Å²) in [4.78, 5) is 37.7. The van der Waals surface area contributed by atoms with Gasteiger partial charge in [-0.15, -0.1) is 0 Å². The minimum Gasteiger partial charge on any atom is -0.449 e. The first kappa shape index (κ1) is 19.6. The first-order valence-corrected chi connectivity index (χ1v) is 9.85. The van der Waals surface area contributed by atoms with Crippen molar-refractivity contribution in [2.45, 2.75) is 25.5 Å². The van der Waals surface area contributed by atoms with Crippen LogP contribution in [0.3, 0.4) is 0 Å². The first-order valence-electron chi connectivity index (χ1n) is 9.85. The van der Waals surface area contributed by atoms with E-state index in [-0.39, 0.29) is 31.2 Å². The van der Waals surface area contributed by atoms with Crippen LogP contribution < -0.4 is 0 Å². The van der Waals surface area contributed by atoms with Gasteiger partial charge in [-0.25, -0.2) is 4.79 Å². The Balaban J connectivity index is 1.50. The number of esters is 1. The zero-order valence-electron chi connectivity index (χ0n) is 16.4. The molecule has 1 heterocycles. The topological polar surface area (TPSA) is 63.7 Å². The Morgan fingerprint density at radius 2 is 1.27 bits per heavy atom. The summed E-state index contributed by atoms with van der Waals surface area (Å²) in [7, 11) is 0. The predicted octanol–water partition coefficient (Wildman–Crippen LogP) is 4.28. The molecule has 0 bridgehead atoms. The largest absolute Gasteiger partial charge is 0.449 e. The van der Waals surface area contributed by atoms with Crippen molar-refractivity contribution in [3.8, 4) is 0 Å². The maximum atomic E-state index is 12.8. The zero-order chi connectivity index (χ0) is 20.9. The van der Waals surface area contributed by atoms with Crippen LogP contribution in [0.5, 0.6) is 0 Å². The lowest BCUT2D eigenvalue weighted by Gasteiger charge is -2.19. The van der Waals surface area contributed by atoms with Crippen LogP contribution in [0.4, 0.5) is 0 Å². The SMILES string of the molecule is O=C(OC(c1ccccc1)c1ccccc1)c1ccc(CN2C(=O)CCC2=O)cc1. The van der Waals surface area contributed by atoms with Crippen molar-refractivity contribution in [2.75, 3.05) is 0 Å². The molecule has 5 heteroatoms. The van der Waals surface area contributed by atoms with Gasteiger partial charge in [-0.2, -0.15) is 0 Å². The Kier molecular flexibility index (Phi) is 5.70. The molecule has 0 spiro atoms. The van der Waals surface area contributed by atoms with Crippen molar-refractivity contribution in [3.05, 3.63) is 107 Å². The molecule has 4 rings (SSSR count). The highest BCUT2D eigenvalue weighted by Gasteiger charge is 2.28. The Hall–Kier alpha value is -3.73. The lowest BCUT2D eigenvalue weighted by Crippen LogP contribution is -2.28. The average Bonchev–Trinajstić information content (AvgIpc) is 3.11. The molecule has 0 aliphatic carbocycles. The monoisotopic (exact) mass is 399 g/mol. The fraction of sp³-hybridized carbons (Fsp3) is 0.160. The minimum absolute atomic E-state index is 0.156. The van der Waals surface area contributed by atoms with Crippen LogP contribution in [0.1, 0.15) is 46.0 Å². The van der Waals surface area contributed by atoms with Gasteiger partial charge >= 0.3 is 5.97 Å². The van der Waals surface area contributed by atoms with Gasteiger partial charge < -0.3 is 4.74 Å². The van der Waals surface area contributed by atoms with Crippen molar-refractivity contribution >= 4 is 17.8 Å². The molecule has 0 saturated carbocycles. The number of imide groups is 1. The second kappa shape index (κ2) is 8.74. The molecular weight excluding hydrogens is 378 g/mol. The van der Waals surface area contributed by atoms with E-state index in [0.717, 1.165) is 16.7 Å². The number of amides is 2.